The van der Waals surface area contributed by atoms with Crippen LogP contribution in [0.1, 0.15) is 18.4 Å². The van der Waals surface area contributed by atoms with Crippen molar-refractivity contribution in [3.63, 3.8) is 0 Å². The Morgan fingerprint density at radius 3 is 2.60 bits per heavy atom. The van der Waals surface area contributed by atoms with Crippen LogP contribution in [0.3, 0.4) is 0 Å². The SMILES string of the molecule is COCCNCC1(Cc2ccc(O)cc2)CCOCC1. The van der Waals surface area contributed by atoms with Crippen molar-refractivity contribution in [2.45, 2.75) is 19.3 Å². The molecule has 0 aliphatic carbocycles. The zero-order valence-electron chi connectivity index (χ0n) is 12.2. The first-order valence-corrected chi connectivity index (χ1v) is 7.29. The molecule has 0 aromatic heterocycles. The number of rotatable bonds is 7. The van der Waals surface area contributed by atoms with E-state index in [2.05, 4.69) is 5.32 Å². The highest BCUT2D eigenvalue weighted by atomic mass is 16.5. The van der Waals surface area contributed by atoms with Crippen molar-refractivity contribution in [1.82, 2.24) is 5.32 Å². The summed E-state index contributed by atoms with van der Waals surface area (Å²) < 4.78 is 10.6. The van der Waals surface area contributed by atoms with Gasteiger partial charge in [0.1, 0.15) is 5.75 Å². The quantitative estimate of drug-likeness (QED) is 0.749. The lowest BCUT2D eigenvalue weighted by Gasteiger charge is -2.37. The molecule has 0 amide bonds. The third-order valence-electron chi connectivity index (χ3n) is 4.05. The van der Waals surface area contributed by atoms with Gasteiger partial charge in [0.05, 0.1) is 6.61 Å². The molecule has 1 aliphatic rings. The average Bonchev–Trinajstić information content (AvgIpc) is 2.47. The first kappa shape index (κ1) is 15.3. The van der Waals surface area contributed by atoms with Crippen molar-refractivity contribution in [1.29, 1.82) is 0 Å². The average molecular weight is 279 g/mol. The molecule has 1 aromatic rings. The fourth-order valence-corrected chi connectivity index (χ4v) is 2.80. The van der Waals surface area contributed by atoms with Crippen LogP contribution in [0.4, 0.5) is 0 Å². The van der Waals surface area contributed by atoms with Crippen molar-refractivity contribution >= 4 is 0 Å². The number of aromatic hydroxyl groups is 1. The number of methoxy groups -OCH3 is 1. The fourth-order valence-electron chi connectivity index (χ4n) is 2.80. The second-order valence-corrected chi connectivity index (χ2v) is 5.63. The first-order chi connectivity index (χ1) is 9.74. The molecule has 0 radical (unpaired) electrons. The number of hydrogen-bond donors (Lipinski definition) is 2. The molecule has 1 aliphatic heterocycles. The Kier molecular flexibility index (Phi) is 5.83. The van der Waals surface area contributed by atoms with Crippen LogP contribution in [0.5, 0.6) is 5.75 Å². The van der Waals surface area contributed by atoms with Crippen LogP contribution in [0.2, 0.25) is 0 Å². The normalized spacial score (nSPS) is 18.1. The van der Waals surface area contributed by atoms with Crippen molar-refractivity contribution in [2.75, 3.05) is 40.0 Å². The molecule has 1 saturated heterocycles. The van der Waals surface area contributed by atoms with Crippen LogP contribution < -0.4 is 5.32 Å². The molecule has 2 rings (SSSR count). The molecule has 1 aromatic carbocycles. The molecule has 1 heterocycles. The van der Waals surface area contributed by atoms with Gasteiger partial charge in [-0.2, -0.15) is 0 Å². The number of phenols is 1. The van der Waals surface area contributed by atoms with Gasteiger partial charge in [0.25, 0.3) is 0 Å². The van der Waals surface area contributed by atoms with E-state index in [1.165, 1.54) is 5.56 Å². The lowest BCUT2D eigenvalue weighted by atomic mass is 9.75. The zero-order valence-corrected chi connectivity index (χ0v) is 12.2. The Morgan fingerprint density at radius 2 is 1.95 bits per heavy atom. The van der Waals surface area contributed by atoms with Gasteiger partial charge in [-0.3, -0.25) is 0 Å². The molecule has 0 unspecified atom stereocenters. The van der Waals surface area contributed by atoms with Gasteiger partial charge in [0.2, 0.25) is 0 Å². The van der Waals surface area contributed by atoms with Gasteiger partial charge in [0, 0.05) is 33.4 Å². The molecule has 4 nitrogen and oxygen atoms in total. The highest BCUT2D eigenvalue weighted by Crippen LogP contribution is 2.34. The largest absolute Gasteiger partial charge is 0.508 e. The summed E-state index contributed by atoms with van der Waals surface area (Å²) in [5, 5.41) is 12.9. The maximum Gasteiger partial charge on any atom is 0.115 e. The summed E-state index contributed by atoms with van der Waals surface area (Å²) in [5.74, 6) is 0.327. The van der Waals surface area contributed by atoms with Crippen LogP contribution in [0.25, 0.3) is 0 Å². The summed E-state index contributed by atoms with van der Waals surface area (Å²) in [6, 6.07) is 7.56. The molecule has 0 atom stereocenters. The summed E-state index contributed by atoms with van der Waals surface area (Å²) >= 11 is 0. The van der Waals surface area contributed by atoms with Gasteiger partial charge in [-0.1, -0.05) is 12.1 Å². The Morgan fingerprint density at radius 1 is 1.25 bits per heavy atom. The topological polar surface area (TPSA) is 50.7 Å². The summed E-state index contributed by atoms with van der Waals surface area (Å²) in [6.45, 7) is 4.29. The first-order valence-electron chi connectivity index (χ1n) is 7.29. The summed E-state index contributed by atoms with van der Waals surface area (Å²) in [6.07, 6.45) is 3.18. The van der Waals surface area contributed by atoms with E-state index in [-0.39, 0.29) is 5.41 Å². The van der Waals surface area contributed by atoms with E-state index in [0.717, 1.165) is 52.2 Å². The van der Waals surface area contributed by atoms with Gasteiger partial charge in [-0.15, -0.1) is 0 Å². The predicted molar refractivity (Wildman–Crippen MR) is 79.0 cm³/mol. The second kappa shape index (κ2) is 7.62. The molecule has 0 bridgehead atoms. The molecule has 0 saturated carbocycles. The number of benzene rings is 1. The van der Waals surface area contributed by atoms with Crippen molar-refractivity contribution < 1.29 is 14.6 Å². The molecule has 20 heavy (non-hydrogen) atoms. The third kappa shape index (κ3) is 4.47. The Balaban J connectivity index is 1.96. The molecule has 0 spiro atoms. The van der Waals surface area contributed by atoms with Crippen LogP contribution >= 0.6 is 0 Å². The van der Waals surface area contributed by atoms with E-state index in [0.29, 0.717) is 5.75 Å². The number of hydrogen-bond acceptors (Lipinski definition) is 4. The second-order valence-electron chi connectivity index (χ2n) is 5.63. The van der Waals surface area contributed by atoms with Crippen molar-refractivity contribution in [3.05, 3.63) is 29.8 Å². The van der Waals surface area contributed by atoms with E-state index in [4.69, 9.17) is 9.47 Å². The molecule has 1 fully saturated rings. The van der Waals surface area contributed by atoms with E-state index in [1.54, 1.807) is 19.2 Å². The van der Waals surface area contributed by atoms with Crippen molar-refractivity contribution in [3.8, 4) is 5.75 Å². The van der Waals surface area contributed by atoms with Gasteiger partial charge in [-0.25, -0.2) is 0 Å². The smallest absolute Gasteiger partial charge is 0.115 e. The predicted octanol–water partition coefficient (Wildman–Crippen LogP) is 1.97. The number of ether oxygens (including phenoxy) is 2. The molecule has 2 N–H and O–H groups in total. The maximum absolute atomic E-state index is 9.38. The van der Waals surface area contributed by atoms with Crippen LogP contribution in [-0.4, -0.2) is 45.1 Å². The van der Waals surface area contributed by atoms with Gasteiger partial charge < -0.3 is 19.9 Å². The molecule has 112 valence electrons. The zero-order chi connectivity index (χ0) is 14.3. The summed E-state index contributed by atoms with van der Waals surface area (Å²) in [4.78, 5) is 0. The number of phenolic OH excluding ortho intramolecular Hbond substituents is 1. The maximum atomic E-state index is 9.38. The standard InChI is InChI=1S/C16H25NO3/c1-19-11-8-17-13-16(6-9-20-10-7-16)12-14-2-4-15(18)5-3-14/h2-5,17-18H,6-13H2,1H3. The minimum absolute atomic E-state index is 0.253. The van der Waals surface area contributed by atoms with E-state index in [9.17, 15) is 5.11 Å². The van der Waals surface area contributed by atoms with E-state index >= 15 is 0 Å². The summed E-state index contributed by atoms with van der Waals surface area (Å²) in [5.41, 5.74) is 1.53. The summed E-state index contributed by atoms with van der Waals surface area (Å²) in [7, 11) is 1.72. The monoisotopic (exact) mass is 279 g/mol. The fraction of sp³-hybridized carbons (Fsp3) is 0.625. The minimum atomic E-state index is 0.253. The Labute approximate surface area is 121 Å². The minimum Gasteiger partial charge on any atom is -0.508 e. The van der Waals surface area contributed by atoms with E-state index in [1.807, 2.05) is 12.1 Å². The van der Waals surface area contributed by atoms with Gasteiger partial charge in [0.15, 0.2) is 0 Å². The van der Waals surface area contributed by atoms with Crippen LogP contribution in [0.15, 0.2) is 24.3 Å². The lowest BCUT2D eigenvalue weighted by molar-refractivity contribution is 0.0143. The van der Waals surface area contributed by atoms with Gasteiger partial charge >= 0.3 is 0 Å². The Hall–Kier alpha value is -1.10. The highest BCUT2D eigenvalue weighted by Gasteiger charge is 2.32. The lowest BCUT2D eigenvalue weighted by Crippen LogP contribution is -2.41. The van der Waals surface area contributed by atoms with Crippen LogP contribution in [-0.2, 0) is 15.9 Å². The third-order valence-corrected chi connectivity index (χ3v) is 4.05. The van der Waals surface area contributed by atoms with E-state index < -0.39 is 0 Å². The highest BCUT2D eigenvalue weighted by molar-refractivity contribution is 5.26. The Bertz CT molecular complexity index is 385. The van der Waals surface area contributed by atoms with Crippen LogP contribution in [0, 0.1) is 5.41 Å². The van der Waals surface area contributed by atoms with Gasteiger partial charge in [-0.05, 0) is 42.4 Å². The molecular weight excluding hydrogens is 254 g/mol. The molecule has 4 heteroatoms. The number of nitrogens with one attached hydrogen (secondary N) is 1. The van der Waals surface area contributed by atoms with Crippen molar-refractivity contribution in [2.24, 2.45) is 5.41 Å². The molecular formula is C16H25NO3.